The number of ether oxygens (including phenoxy) is 1. The summed E-state index contributed by atoms with van der Waals surface area (Å²) >= 11 is 6.19. The van der Waals surface area contributed by atoms with Gasteiger partial charge in [0.25, 0.3) is 0 Å². The van der Waals surface area contributed by atoms with Crippen LogP contribution in [0.3, 0.4) is 0 Å². The fourth-order valence-electron chi connectivity index (χ4n) is 3.22. The zero-order valence-corrected chi connectivity index (χ0v) is 17.6. The molecule has 6 heteroatoms. The van der Waals surface area contributed by atoms with Crippen molar-refractivity contribution in [3.8, 4) is 17.1 Å². The number of furan rings is 1. The Labute approximate surface area is 175 Å². The molecule has 1 heterocycles. The average Bonchev–Trinajstić information content (AvgIpc) is 3.17. The molecule has 3 rings (SSSR count). The lowest BCUT2D eigenvalue weighted by Crippen LogP contribution is -2.17. The van der Waals surface area contributed by atoms with Crippen molar-refractivity contribution in [3.63, 3.8) is 0 Å². The molecule has 1 atom stereocenters. The third-order valence-corrected chi connectivity index (χ3v) is 5.45. The molecule has 0 saturated heterocycles. The number of halogens is 1. The second-order valence-electron chi connectivity index (χ2n) is 7.03. The molecule has 3 aromatic rings. The first kappa shape index (κ1) is 21.0. The van der Waals surface area contributed by atoms with Gasteiger partial charge in [0.05, 0.1) is 29.8 Å². The molecule has 0 aliphatic carbocycles. The van der Waals surface area contributed by atoms with Crippen molar-refractivity contribution < 1.29 is 19.1 Å². The highest BCUT2D eigenvalue weighted by molar-refractivity contribution is 6.34. The van der Waals surface area contributed by atoms with Gasteiger partial charge < -0.3 is 19.6 Å². The molecule has 0 unspecified atom stereocenters. The summed E-state index contributed by atoms with van der Waals surface area (Å²) in [4.78, 5) is 11.5. The van der Waals surface area contributed by atoms with Crippen LogP contribution in [-0.4, -0.2) is 18.2 Å². The molecular formula is C23H24ClNO4. The first-order valence-electron chi connectivity index (χ1n) is 9.31. The van der Waals surface area contributed by atoms with E-state index in [2.05, 4.69) is 43.4 Å². The topological polar surface area (TPSA) is 71.7 Å². The van der Waals surface area contributed by atoms with E-state index in [0.717, 1.165) is 5.76 Å². The van der Waals surface area contributed by atoms with Crippen molar-refractivity contribution in [1.29, 1.82) is 0 Å². The summed E-state index contributed by atoms with van der Waals surface area (Å²) in [5.74, 6) is 0.679. The Kier molecular flexibility index (Phi) is 6.30. The van der Waals surface area contributed by atoms with E-state index < -0.39 is 5.97 Å². The highest BCUT2D eigenvalue weighted by Gasteiger charge is 2.21. The third kappa shape index (κ3) is 4.47. The molecule has 2 aromatic carbocycles. The van der Waals surface area contributed by atoms with Crippen molar-refractivity contribution in [2.45, 2.75) is 33.4 Å². The van der Waals surface area contributed by atoms with Crippen LogP contribution in [0.25, 0.3) is 11.3 Å². The van der Waals surface area contributed by atoms with E-state index in [4.69, 9.17) is 20.8 Å². The number of hydrogen-bond donors (Lipinski definition) is 2. The highest BCUT2D eigenvalue weighted by atomic mass is 35.5. The number of aromatic carboxylic acids is 1. The largest absolute Gasteiger partial charge is 0.496 e. The predicted octanol–water partition coefficient (Wildman–Crippen LogP) is 5.77. The molecule has 0 spiro atoms. The number of carbonyl (C=O) groups is 1. The number of nitrogens with one attached hydrogen (secondary N) is 1. The maximum Gasteiger partial charge on any atom is 0.337 e. The van der Waals surface area contributed by atoms with Crippen LogP contribution in [0, 0.1) is 13.8 Å². The number of benzene rings is 2. The Morgan fingerprint density at radius 1 is 1.21 bits per heavy atom. The normalized spacial score (nSPS) is 12.0. The van der Waals surface area contributed by atoms with Crippen LogP contribution in [0.2, 0.25) is 5.02 Å². The van der Waals surface area contributed by atoms with Crippen LogP contribution in [-0.2, 0) is 6.54 Å². The molecule has 152 valence electrons. The van der Waals surface area contributed by atoms with Gasteiger partial charge in [0.15, 0.2) is 0 Å². The number of carboxylic acids is 1. The Hall–Kier alpha value is -2.76. The van der Waals surface area contributed by atoms with Crippen LogP contribution in [0.5, 0.6) is 5.75 Å². The molecule has 0 fully saturated rings. The van der Waals surface area contributed by atoms with E-state index in [9.17, 15) is 9.90 Å². The quantitative estimate of drug-likeness (QED) is 0.514. The van der Waals surface area contributed by atoms with Gasteiger partial charge in [0, 0.05) is 11.6 Å². The van der Waals surface area contributed by atoms with E-state index in [0.29, 0.717) is 29.2 Å². The maximum atomic E-state index is 11.5. The Morgan fingerprint density at radius 2 is 1.90 bits per heavy atom. The van der Waals surface area contributed by atoms with Gasteiger partial charge in [-0.1, -0.05) is 41.4 Å². The summed E-state index contributed by atoms with van der Waals surface area (Å²) in [6.07, 6.45) is 0. The first-order chi connectivity index (χ1) is 13.8. The second kappa shape index (κ2) is 8.72. The van der Waals surface area contributed by atoms with E-state index >= 15 is 0 Å². The molecule has 29 heavy (non-hydrogen) atoms. The number of hydrogen-bond acceptors (Lipinski definition) is 4. The Bertz CT molecular complexity index is 1020. The Morgan fingerprint density at radius 3 is 2.52 bits per heavy atom. The van der Waals surface area contributed by atoms with E-state index in [1.54, 1.807) is 6.92 Å². The molecule has 5 nitrogen and oxygen atoms in total. The lowest BCUT2D eigenvalue weighted by atomic mass is 10.0. The van der Waals surface area contributed by atoms with Gasteiger partial charge in [-0.2, -0.15) is 0 Å². The second-order valence-corrected chi connectivity index (χ2v) is 7.41. The molecule has 0 aliphatic heterocycles. The van der Waals surface area contributed by atoms with E-state index in [-0.39, 0.29) is 16.6 Å². The van der Waals surface area contributed by atoms with Gasteiger partial charge in [-0.05, 0) is 44.5 Å². The number of aryl methyl sites for hydroxylation is 1. The van der Waals surface area contributed by atoms with Crippen LogP contribution in [0.1, 0.15) is 45.8 Å². The minimum absolute atomic E-state index is 0.0176. The standard InChI is InChI=1S/C23H24ClNO4/c1-13-5-7-16(8-6-13)15(3)25-12-17-9-10-20(29-17)18-11-19(23(26)27)21(24)14(2)22(18)28-4/h5-11,15,25H,12H2,1-4H3,(H,26,27)/t15-/m1/s1. The fraction of sp³-hybridized carbons (Fsp3) is 0.261. The van der Waals surface area contributed by atoms with Gasteiger partial charge in [0.2, 0.25) is 0 Å². The maximum absolute atomic E-state index is 11.5. The summed E-state index contributed by atoms with van der Waals surface area (Å²) in [6.45, 7) is 6.43. The monoisotopic (exact) mass is 413 g/mol. The van der Waals surface area contributed by atoms with E-state index in [1.165, 1.54) is 24.3 Å². The summed E-state index contributed by atoms with van der Waals surface area (Å²) in [7, 11) is 1.53. The minimum Gasteiger partial charge on any atom is -0.496 e. The number of rotatable bonds is 7. The molecule has 0 amide bonds. The van der Waals surface area contributed by atoms with Gasteiger partial charge in [-0.15, -0.1) is 0 Å². The molecular weight excluding hydrogens is 390 g/mol. The highest BCUT2D eigenvalue weighted by Crippen LogP contribution is 2.39. The van der Waals surface area contributed by atoms with Crippen molar-refractivity contribution in [3.05, 3.63) is 75.5 Å². The average molecular weight is 414 g/mol. The fourth-order valence-corrected chi connectivity index (χ4v) is 3.44. The summed E-state index contributed by atoms with van der Waals surface area (Å²) < 4.78 is 11.4. The molecule has 0 aliphatic rings. The summed E-state index contributed by atoms with van der Waals surface area (Å²) in [5.41, 5.74) is 3.56. The number of carboxylic acid groups (broad SMARTS) is 1. The van der Waals surface area contributed by atoms with Crippen molar-refractivity contribution in [1.82, 2.24) is 5.32 Å². The van der Waals surface area contributed by atoms with Crippen molar-refractivity contribution in [2.75, 3.05) is 7.11 Å². The molecule has 1 aromatic heterocycles. The van der Waals surface area contributed by atoms with Gasteiger partial charge in [0.1, 0.15) is 17.3 Å². The van der Waals surface area contributed by atoms with Crippen LogP contribution in [0.4, 0.5) is 0 Å². The van der Waals surface area contributed by atoms with Crippen molar-refractivity contribution in [2.24, 2.45) is 0 Å². The zero-order valence-electron chi connectivity index (χ0n) is 16.9. The smallest absolute Gasteiger partial charge is 0.337 e. The molecule has 0 radical (unpaired) electrons. The van der Waals surface area contributed by atoms with Crippen LogP contribution in [0.15, 0.2) is 46.9 Å². The SMILES string of the molecule is COc1c(-c2ccc(CN[C@H](C)c3ccc(C)cc3)o2)cc(C(=O)O)c(Cl)c1C. The number of methoxy groups -OCH3 is 1. The molecule has 2 N–H and O–H groups in total. The van der Waals surface area contributed by atoms with Gasteiger partial charge in [-0.25, -0.2) is 4.79 Å². The van der Waals surface area contributed by atoms with Gasteiger partial charge >= 0.3 is 5.97 Å². The van der Waals surface area contributed by atoms with Crippen molar-refractivity contribution >= 4 is 17.6 Å². The lowest BCUT2D eigenvalue weighted by Gasteiger charge is -2.14. The predicted molar refractivity (Wildman–Crippen MR) is 114 cm³/mol. The van der Waals surface area contributed by atoms with Crippen LogP contribution < -0.4 is 10.1 Å². The van der Waals surface area contributed by atoms with E-state index in [1.807, 2.05) is 12.1 Å². The van der Waals surface area contributed by atoms with Gasteiger partial charge in [-0.3, -0.25) is 0 Å². The lowest BCUT2D eigenvalue weighted by molar-refractivity contribution is 0.0697. The Balaban J connectivity index is 1.82. The third-order valence-electron chi connectivity index (χ3n) is 4.96. The van der Waals surface area contributed by atoms with Crippen LogP contribution >= 0.6 is 11.6 Å². The summed E-state index contributed by atoms with van der Waals surface area (Å²) in [5, 5.41) is 13.0. The minimum atomic E-state index is -1.10. The zero-order chi connectivity index (χ0) is 21.1. The first-order valence-corrected chi connectivity index (χ1v) is 9.69. The summed E-state index contributed by atoms with van der Waals surface area (Å²) in [6, 6.07) is 13.7. The molecule has 0 bridgehead atoms. The molecule has 0 saturated carbocycles.